The lowest BCUT2D eigenvalue weighted by atomic mass is 10.0. The second kappa shape index (κ2) is 9.99. The SMILES string of the molecule is CCCCCC=C(CCCCC)Cc1ccc[nH]1. The van der Waals surface area contributed by atoms with Crippen LogP contribution in [0.15, 0.2) is 30.0 Å². The van der Waals surface area contributed by atoms with Crippen LogP contribution in [-0.2, 0) is 6.42 Å². The Labute approximate surface area is 113 Å². The smallest absolute Gasteiger partial charge is 0.0188 e. The van der Waals surface area contributed by atoms with Crippen LogP contribution in [0.5, 0.6) is 0 Å². The summed E-state index contributed by atoms with van der Waals surface area (Å²) in [5.74, 6) is 0. The molecule has 1 nitrogen and oxygen atoms in total. The van der Waals surface area contributed by atoms with E-state index < -0.39 is 0 Å². The molecule has 0 aliphatic carbocycles. The van der Waals surface area contributed by atoms with E-state index in [0.717, 1.165) is 6.42 Å². The number of allylic oxidation sites excluding steroid dienone is 2. The van der Waals surface area contributed by atoms with E-state index in [2.05, 4.69) is 37.0 Å². The molecular formula is C17H29N. The average Bonchev–Trinajstić information content (AvgIpc) is 2.87. The van der Waals surface area contributed by atoms with Crippen LogP contribution in [-0.4, -0.2) is 4.98 Å². The monoisotopic (exact) mass is 247 g/mol. The molecule has 1 heterocycles. The topological polar surface area (TPSA) is 15.8 Å². The van der Waals surface area contributed by atoms with Crippen LogP contribution in [0, 0.1) is 0 Å². The van der Waals surface area contributed by atoms with Gasteiger partial charge in [-0.05, 0) is 37.8 Å². The predicted molar refractivity (Wildman–Crippen MR) is 80.9 cm³/mol. The molecule has 0 aliphatic heterocycles. The van der Waals surface area contributed by atoms with Gasteiger partial charge in [-0.15, -0.1) is 0 Å². The lowest BCUT2D eigenvalue weighted by Crippen LogP contribution is -1.92. The first-order chi connectivity index (χ1) is 8.86. The van der Waals surface area contributed by atoms with E-state index in [9.17, 15) is 0 Å². The van der Waals surface area contributed by atoms with Gasteiger partial charge in [-0.1, -0.05) is 51.2 Å². The zero-order valence-electron chi connectivity index (χ0n) is 12.2. The second-order valence-corrected chi connectivity index (χ2v) is 5.19. The van der Waals surface area contributed by atoms with Crippen LogP contribution in [0.25, 0.3) is 0 Å². The summed E-state index contributed by atoms with van der Waals surface area (Å²) in [6.45, 7) is 4.54. The third-order valence-electron chi connectivity index (χ3n) is 3.42. The molecule has 0 saturated heterocycles. The third kappa shape index (κ3) is 6.68. The fourth-order valence-electron chi connectivity index (χ4n) is 2.29. The van der Waals surface area contributed by atoms with Crippen molar-refractivity contribution in [2.24, 2.45) is 0 Å². The van der Waals surface area contributed by atoms with Crippen LogP contribution in [0.4, 0.5) is 0 Å². The summed E-state index contributed by atoms with van der Waals surface area (Å²) in [5.41, 5.74) is 2.98. The first-order valence-corrected chi connectivity index (χ1v) is 7.67. The highest BCUT2D eigenvalue weighted by Crippen LogP contribution is 2.16. The maximum atomic E-state index is 3.32. The predicted octanol–water partition coefficient (Wildman–Crippen LogP) is 5.64. The summed E-state index contributed by atoms with van der Waals surface area (Å²) in [6, 6.07) is 4.29. The van der Waals surface area contributed by atoms with E-state index in [-0.39, 0.29) is 0 Å². The van der Waals surface area contributed by atoms with Gasteiger partial charge in [0.1, 0.15) is 0 Å². The second-order valence-electron chi connectivity index (χ2n) is 5.19. The number of nitrogens with one attached hydrogen (secondary N) is 1. The van der Waals surface area contributed by atoms with Gasteiger partial charge in [-0.2, -0.15) is 0 Å². The maximum absolute atomic E-state index is 3.32. The van der Waals surface area contributed by atoms with Crippen LogP contribution in [0.1, 0.15) is 70.9 Å². The van der Waals surface area contributed by atoms with E-state index in [1.54, 1.807) is 5.57 Å². The number of H-pyrrole nitrogens is 1. The quantitative estimate of drug-likeness (QED) is 0.406. The summed E-state index contributed by atoms with van der Waals surface area (Å²) in [7, 11) is 0. The summed E-state index contributed by atoms with van der Waals surface area (Å²) < 4.78 is 0. The van der Waals surface area contributed by atoms with E-state index >= 15 is 0 Å². The Morgan fingerprint density at radius 2 is 1.89 bits per heavy atom. The van der Waals surface area contributed by atoms with Crippen molar-refractivity contribution in [3.8, 4) is 0 Å². The Balaban J connectivity index is 2.40. The molecule has 1 aromatic rings. The first-order valence-electron chi connectivity index (χ1n) is 7.67. The molecule has 1 heteroatoms. The molecule has 18 heavy (non-hydrogen) atoms. The zero-order valence-corrected chi connectivity index (χ0v) is 12.2. The van der Waals surface area contributed by atoms with E-state index in [1.165, 1.54) is 57.1 Å². The Bertz CT molecular complexity index is 308. The highest BCUT2D eigenvalue weighted by molar-refractivity contribution is 5.15. The fraction of sp³-hybridized carbons (Fsp3) is 0.647. The van der Waals surface area contributed by atoms with Crippen LogP contribution < -0.4 is 0 Å². The van der Waals surface area contributed by atoms with Gasteiger partial charge < -0.3 is 4.98 Å². The van der Waals surface area contributed by atoms with Crippen molar-refractivity contribution < 1.29 is 0 Å². The van der Waals surface area contributed by atoms with Gasteiger partial charge in [0.15, 0.2) is 0 Å². The molecule has 0 amide bonds. The highest BCUT2D eigenvalue weighted by atomic mass is 14.7. The minimum absolute atomic E-state index is 1.11. The molecule has 0 spiro atoms. The largest absolute Gasteiger partial charge is 0.365 e. The minimum atomic E-state index is 1.11. The Morgan fingerprint density at radius 1 is 1.11 bits per heavy atom. The standard InChI is InChI=1S/C17H29N/c1-3-5-7-9-12-16(11-8-6-4-2)15-17-13-10-14-18-17/h10,12-14,18H,3-9,11,15H2,1-2H3. The Hall–Kier alpha value is -0.980. The molecule has 0 fully saturated rings. The molecule has 1 aromatic heterocycles. The highest BCUT2D eigenvalue weighted by Gasteiger charge is 2.00. The van der Waals surface area contributed by atoms with E-state index in [1.807, 2.05) is 6.20 Å². The van der Waals surface area contributed by atoms with Crippen molar-refractivity contribution >= 4 is 0 Å². The van der Waals surface area contributed by atoms with Crippen molar-refractivity contribution in [3.63, 3.8) is 0 Å². The lowest BCUT2D eigenvalue weighted by Gasteiger charge is -2.07. The normalized spacial score (nSPS) is 12.0. The lowest BCUT2D eigenvalue weighted by molar-refractivity contribution is 0.691. The zero-order chi connectivity index (χ0) is 13.1. The average molecular weight is 247 g/mol. The van der Waals surface area contributed by atoms with Gasteiger partial charge in [0.25, 0.3) is 0 Å². The van der Waals surface area contributed by atoms with Gasteiger partial charge in [-0.3, -0.25) is 0 Å². The number of unbranched alkanes of at least 4 members (excludes halogenated alkanes) is 5. The summed E-state index contributed by atoms with van der Waals surface area (Å²) in [5, 5.41) is 0. The molecule has 0 bridgehead atoms. The molecule has 0 aliphatic rings. The summed E-state index contributed by atoms with van der Waals surface area (Å²) in [6.07, 6.45) is 16.2. The summed E-state index contributed by atoms with van der Waals surface area (Å²) in [4.78, 5) is 3.32. The number of hydrogen-bond donors (Lipinski definition) is 1. The third-order valence-corrected chi connectivity index (χ3v) is 3.42. The van der Waals surface area contributed by atoms with Gasteiger partial charge in [0, 0.05) is 18.3 Å². The molecule has 1 rings (SSSR count). The van der Waals surface area contributed by atoms with Crippen LogP contribution in [0.2, 0.25) is 0 Å². The van der Waals surface area contributed by atoms with Crippen LogP contribution >= 0.6 is 0 Å². The Kier molecular flexibility index (Phi) is 8.37. The van der Waals surface area contributed by atoms with Gasteiger partial charge in [-0.25, -0.2) is 0 Å². The van der Waals surface area contributed by atoms with Gasteiger partial charge in [0.05, 0.1) is 0 Å². The summed E-state index contributed by atoms with van der Waals surface area (Å²) >= 11 is 0. The van der Waals surface area contributed by atoms with Crippen molar-refractivity contribution in [1.29, 1.82) is 0 Å². The number of rotatable bonds is 10. The maximum Gasteiger partial charge on any atom is 0.0188 e. The molecule has 0 radical (unpaired) electrons. The van der Waals surface area contributed by atoms with Crippen molar-refractivity contribution in [1.82, 2.24) is 4.98 Å². The number of aromatic amines is 1. The van der Waals surface area contributed by atoms with Crippen molar-refractivity contribution in [3.05, 3.63) is 35.7 Å². The Morgan fingerprint density at radius 3 is 2.56 bits per heavy atom. The van der Waals surface area contributed by atoms with E-state index in [0.29, 0.717) is 0 Å². The number of aromatic nitrogens is 1. The molecule has 1 N–H and O–H groups in total. The molecule has 0 atom stereocenters. The number of hydrogen-bond acceptors (Lipinski definition) is 0. The fourth-order valence-corrected chi connectivity index (χ4v) is 2.29. The molecular weight excluding hydrogens is 218 g/mol. The minimum Gasteiger partial charge on any atom is -0.365 e. The molecule has 0 unspecified atom stereocenters. The van der Waals surface area contributed by atoms with Crippen molar-refractivity contribution in [2.45, 2.75) is 71.6 Å². The molecule has 0 aromatic carbocycles. The van der Waals surface area contributed by atoms with E-state index in [4.69, 9.17) is 0 Å². The van der Waals surface area contributed by atoms with Crippen molar-refractivity contribution in [2.75, 3.05) is 0 Å². The first kappa shape index (κ1) is 15.1. The van der Waals surface area contributed by atoms with Gasteiger partial charge >= 0.3 is 0 Å². The van der Waals surface area contributed by atoms with Crippen LogP contribution in [0.3, 0.4) is 0 Å². The molecule has 0 saturated carbocycles. The molecule has 102 valence electrons. The van der Waals surface area contributed by atoms with Gasteiger partial charge in [0.2, 0.25) is 0 Å².